The summed E-state index contributed by atoms with van der Waals surface area (Å²) in [6.45, 7) is 4.74. The molecule has 2 unspecified atom stereocenters. The van der Waals surface area contributed by atoms with E-state index < -0.39 is 24.3 Å². The molecule has 0 amide bonds. The van der Waals surface area contributed by atoms with Gasteiger partial charge in [0.05, 0.1) is 34.4 Å². The minimum atomic E-state index is -1.52. The molecule has 78 heavy (non-hydrogen) atoms. The Morgan fingerprint density at radius 3 is 1.10 bits per heavy atom. The average Bonchev–Trinajstić information content (AvgIpc) is 3.41. The average molecular weight is 1090 g/mol. The third kappa shape index (κ3) is 59.4. The molecule has 1 N–H and O–H groups in total. The Hall–Kier alpha value is -4.31. The third-order valence-corrected chi connectivity index (χ3v) is 13.0. The number of aliphatic carboxylic acids is 1. The maximum atomic E-state index is 12.9. The molecule has 0 aromatic carbocycles. The number of quaternary nitrogens is 1. The van der Waals surface area contributed by atoms with Gasteiger partial charge >= 0.3 is 17.9 Å². The van der Waals surface area contributed by atoms with Crippen LogP contribution in [-0.4, -0.2) is 87.4 Å². The van der Waals surface area contributed by atoms with Gasteiger partial charge in [-0.15, -0.1) is 0 Å². The Morgan fingerprint density at radius 2 is 0.731 bits per heavy atom. The molecule has 0 aliphatic heterocycles. The van der Waals surface area contributed by atoms with Crippen molar-refractivity contribution >= 4 is 17.9 Å². The largest absolute Gasteiger partial charge is 0.477 e. The molecule has 2 atom stereocenters. The van der Waals surface area contributed by atoms with Crippen LogP contribution in [0.25, 0.3) is 0 Å². The maximum Gasteiger partial charge on any atom is 0.361 e. The lowest BCUT2D eigenvalue weighted by atomic mass is 10.1. The number of nitrogens with zero attached hydrogens (tertiary/aromatic N) is 1. The number of rotatable bonds is 56. The highest BCUT2D eigenvalue weighted by atomic mass is 16.7. The summed E-state index contributed by atoms with van der Waals surface area (Å²) < 4.78 is 22.9. The lowest BCUT2D eigenvalue weighted by Gasteiger charge is -2.25. The van der Waals surface area contributed by atoms with Crippen molar-refractivity contribution in [3.05, 3.63) is 122 Å². The van der Waals surface area contributed by atoms with Gasteiger partial charge in [0.1, 0.15) is 13.2 Å². The quantitative estimate of drug-likeness (QED) is 0.0211. The summed E-state index contributed by atoms with van der Waals surface area (Å²) in [6.07, 6.45) is 80.0. The molecule has 0 heterocycles. The first-order valence-corrected chi connectivity index (χ1v) is 31.2. The van der Waals surface area contributed by atoms with E-state index in [0.29, 0.717) is 17.4 Å². The summed E-state index contributed by atoms with van der Waals surface area (Å²) in [6, 6.07) is 0. The van der Waals surface area contributed by atoms with E-state index in [9.17, 15) is 19.5 Å². The SMILES string of the molecule is CC/C=C\C/C=C\C/C=C\C/C=C\C/C=C\C/C=C\C/C=C\C/C=C\C/C=C\CCCCCCCCCCCC(=O)OC(COC(=O)CCCCCCC/C=C\CCCCCCCCC)COC(OCC[N+](C)(C)C)C(=O)O. The number of allylic oxidation sites excluding steroid dienone is 20. The van der Waals surface area contributed by atoms with Gasteiger partial charge in [0.2, 0.25) is 0 Å². The molecule has 0 rings (SSSR count). The number of carboxylic acid groups (broad SMARTS) is 1. The van der Waals surface area contributed by atoms with E-state index in [4.69, 9.17) is 18.9 Å². The zero-order valence-corrected chi connectivity index (χ0v) is 50.5. The van der Waals surface area contributed by atoms with Crippen molar-refractivity contribution in [1.29, 1.82) is 0 Å². The third-order valence-electron chi connectivity index (χ3n) is 13.0. The molecule has 0 aliphatic carbocycles. The Labute approximate surface area is 478 Å². The maximum absolute atomic E-state index is 12.9. The van der Waals surface area contributed by atoms with E-state index >= 15 is 0 Å². The number of likely N-dealkylation sites (N-methyl/N-ethyl adjacent to an activating group) is 1. The van der Waals surface area contributed by atoms with Gasteiger partial charge in [-0.1, -0.05) is 238 Å². The predicted molar refractivity (Wildman–Crippen MR) is 331 cm³/mol. The normalized spacial score (nSPS) is 13.6. The van der Waals surface area contributed by atoms with E-state index in [0.717, 1.165) is 122 Å². The van der Waals surface area contributed by atoms with Crippen LogP contribution in [0.4, 0.5) is 0 Å². The van der Waals surface area contributed by atoms with E-state index in [1.165, 1.54) is 83.5 Å². The summed E-state index contributed by atoms with van der Waals surface area (Å²) in [5.74, 6) is -2.03. The zero-order valence-electron chi connectivity index (χ0n) is 50.5. The van der Waals surface area contributed by atoms with Crippen molar-refractivity contribution in [3.8, 4) is 0 Å². The van der Waals surface area contributed by atoms with Gasteiger partial charge in [-0.3, -0.25) is 9.59 Å². The van der Waals surface area contributed by atoms with Gasteiger partial charge in [-0.2, -0.15) is 0 Å². The molecule has 0 aromatic heterocycles. The van der Waals surface area contributed by atoms with Crippen LogP contribution >= 0.6 is 0 Å². The molecule has 9 nitrogen and oxygen atoms in total. The highest BCUT2D eigenvalue weighted by molar-refractivity contribution is 5.71. The van der Waals surface area contributed by atoms with E-state index in [1.807, 2.05) is 21.1 Å². The van der Waals surface area contributed by atoms with Crippen molar-refractivity contribution < 1.29 is 42.9 Å². The lowest BCUT2D eigenvalue weighted by molar-refractivity contribution is -0.870. The Bertz CT molecular complexity index is 1690. The van der Waals surface area contributed by atoms with Crippen molar-refractivity contribution in [1.82, 2.24) is 0 Å². The minimum absolute atomic E-state index is 0.180. The highest BCUT2D eigenvalue weighted by Gasteiger charge is 2.25. The minimum Gasteiger partial charge on any atom is -0.477 e. The molecule has 0 saturated heterocycles. The summed E-state index contributed by atoms with van der Waals surface area (Å²) in [7, 11) is 5.96. The van der Waals surface area contributed by atoms with Crippen LogP contribution in [0, 0.1) is 0 Å². The van der Waals surface area contributed by atoms with Crippen molar-refractivity contribution in [2.45, 2.75) is 251 Å². The smallest absolute Gasteiger partial charge is 0.361 e. The summed E-state index contributed by atoms with van der Waals surface area (Å²) in [4.78, 5) is 37.4. The number of carboxylic acids is 1. The molecular weight excluding hydrogens is 971 g/mol. The van der Waals surface area contributed by atoms with Crippen LogP contribution in [-0.2, 0) is 33.3 Å². The second kappa shape index (κ2) is 58.8. The standard InChI is InChI=1S/C69H115NO8/c1-6-8-10-12-14-16-18-20-22-24-25-26-27-28-29-30-31-32-33-34-35-36-37-38-39-40-41-42-43-44-46-48-50-52-54-56-58-60-67(72)78-65(64-77-69(68(73)74)75-62-61-70(3,4)5)63-76-66(71)59-57-55-53-51-49-47-45-23-21-19-17-15-13-11-9-7-2/h8,10,14,16,20,22-23,25-26,28-29,31-32,34-35,37-38,40-41,45,65,69H,6-7,9,11-13,15,17-19,21,24,27,30,33,36,39,42-44,46-64H2,1-5H3/p+1/b10-8-,16-14-,22-20-,26-25-,29-28-,32-31-,35-34-,38-37-,41-40-,45-23-. The van der Waals surface area contributed by atoms with Crippen LogP contribution in [0.2, 0.25) is 0 Å². The van der Waals surface area contributed by atoms with Gasteiger partial charge in [-0.05, 0) is 109 Å². The molecule has 0 aromatic rings. The van der Waals surface area contributed by atoms with Crippen LogP contribution in [0.5, 0.6) is 0 Å². The second-order valence-corrected chi connectivity index (χ2v) is 21.6. The summed E-state index contributed by atoms with van der Waals surface area (Å²) in [5, 5.41) is 9.71. The van der Waals surface area contributed by atoms with E-state index in [2.05, 4.69) is 135 Å². The van der Waals surface area contributed by atoms with Gasteiger partial charge in [0, 0.05) is 12.8 Å². The number of ether oxygens (including phenoxy) is 4. The predicted octanol–water partition coefficient (Wildman–Crippen LogP) is 18.8. The zero-order chi connectivity index (χ0) is 56.9. The first-order valence-electron chi connectivity index (χ1n) is 31.2. The van der Waals surface area contributed by atoms with Gasteiger partial charge in [0.15, 0.2) is 6.10 Å². The summed E-state index contributed by atoms with van der Waals surface area (Å²) >= 11 is 0. The monoisotopic (exact) mass is 1090 g/mol. The van der Waals surface area contributed by atoms with Crippen LogP contribution in [0.1, 0.15) is 239 Å². The number of carbonyl (C=O) groups excluding carboxylic acids is 2. The van der Waals surface area contributed by atoms with Gasteiger partial charge < -0.3 is 28.5 Å². The first-order chi connectivity index (χ1) is 38.1. The number of hydrogen-bond donors (Lipinski definition) is 1. The number of hydrogen-bond acceptors (Lipinski definition) is 7. The highest BCUT2D eigenvalue weighted by Crippen LogP contribution is 2.15. The Balaban J connectivity index is 4.20. The van der Waals surface area contributed by atoms with Crippen LogP contribution in [0.3, 0.4) is 0 Å². The Kier molecular flexibility index (Phi) is 55.6. The van der Waals surface area contributed by atoms with Crippen molar-refractivity contribution in [3.63, 3.8) is 0 Å². The summed E-state index contributed by atoms with van der Waals surface area (Å²) in [5.41, 5.74) is 0. The molecule has 0 fully saturated rings. The molecule has 444 valence electrons. The molecular formula is C69H116NO8+. The van der Waals surface area contributed by atoms with Crippen molar-refractivity contribution in [2.24, 2.45) is 0 Å². The second-order valence-electron chi connectivity index (χ2n) is 21.6. The topological polar surface area (TPSA) is 108 Å². The van der Waals surface area contributed by atoms with Crippen LogP contribution < -0.4 is 0 Å². The van der Waals surface area contributed by atoms with Crippen molar-refractivity contribution in [2.75, 3.05) is 47.5 Å². The fourth-order valence-corrected chi connectivity index (χ4v) is 8.18. The fraction of sp³-hybridized carbons (Fsp3) is 0.667. The molecule has 0 aliphatic rings. The number of unbranched alkanes of at least 4 members (excludes halogenated alkanes) is 21. The van der Waals surface area contributed by atoms with E-state index in [-0.39, 0.29) is 38.6 Å². The molecule has 0 bridgehead atoms. The first kappa shape index (κ1) is 73.7. The fourth-order valence-electron chi connectivity index (χ4n) is 8.18. The number of carbonyl (C=O) groups is 3. The molecule has 0 spiro atoms. The van der Waals surface area contributed by atoms with Crippen LogP contribution in [0.15, 0.2) is 122 Å². The number of esters is 2. The van der Waals surface area contributed by atoms with E-state index in [1.54, 1.807) is 0 Å². The van der Waals surface area contributed by atoms with Gasteiger partial charge in [0.25, 0.3) is 6.29 Å². The lowest BCUT2D eigenvalue weighted by Crippen LogP contribution is -2.40. The Morgan fingerprint density at radius 1 is 0.397 bits per heavy atom. The molecule has 9 heteroatoms. The molecule has 0 radical (unpaired) electrons. The van der Waals surface area contributed by atoms with Gasteiger partial charge in [-0.25, -0.2) is 4.79 Å². The molecule has 0 saturated carbocycles.